The predicted molar refractivity (Wildman–Crippen MR) is 73.6 cm³/mol. The monoisotopic (exact) mass is 241 g/mol. The van der Waals surface area contributed by atoms with Crippen LogP contribution in [-0.4, -0.2) is 23.6 Å². The molecule has 1 aromatic carbocycles. The molecule has 0 saturated heterocycles. The van der Waals surface area contributed by atoms with Crippen LogP contribution in [0.5, 0.6) is 5.88 Å². The number of fused-ring (bicyclic) bond motifs is 1. The van der Waals surface area contributed by atoms with E-state index in [-0.39, 0.29) is 7.48 Å². The number of benzene rings is 1. The molecule has 1 N–H and O–H groups in total. The van der Waals surface area contributed by atoms with Gasteiger partial charge in [0.25, 0.3) is 0 Å². The molecular formula is C14H16BNO2. The van der Waals surface area contributed by atoms with Crippen molar-refractivity contribution >= 4 is 23.8 Å². The molecule has 0 spiro atoms. The predicted octanol–water partition coefficient (Wildman–Crippen LogP) is 1.53. The minimum Gasteiger partial charge on any atom is -0.474 e. The maximum absolute atomic E-state index is 9.10. The van der Waals surface area contributed by atoms with E-state index in [4.69, 9.17) is 9.76 Å². The van der Waals surface area contributed by atoms with Crippen molar-refractivity contribution in [2.24, 2.45) is 0 Å². The normalized spacial score (nSPS) is 16.1. The van der Waals surface area contributed by atoms with Crippen LogP contribution in [0.2, 0.25) is 0 Å². The highest BCUT2D eigenvalue weighted by Crippen LogP contribution is 2.24. The van der Waals surface area contributed by atoms with Gasteiger partial charge in [-0.15, -0.1) is 0 Å². The fraction of sp³-hybridized carbons (Fsp3) is 0.357. The fourth-order valence-electron chi connectivity index (χ4n) is 2.50. The zero-order valence-electron chi connectivity index (χ0n) is 10.3. The highest BCUT2D eigenvalue weighted by atomic mass is 16.5. The van der Waals surface area contributed by atoms with E-state index in [1.165, 1.54) is 12.8 Å². The fourth-order valence-corrected chi connectivity index (χ4v) is 2.50. The molecule has 1 aromatic heterocycles. The molecule has 4 heteroatoms. The smallest absolute Gasteiger partial charge is 0.304 e. The summed E-state index contributed by atoms with van der Waals surface area (Å²) >= 11 is 0. The first-order valence-corrected chi connectivity index (χ1v) is 6.52. The standard InChI is InChI=1S/C14H16BNO2/c17-15-11-6-7-13-10(9-11)5-8-14(16-13)18-12-3-1-2-4-12/h5-9,12,15,17H,1-4H2. The molecule has 0 aliphatic heterocycles. The van der Waals surface area contributed by atoms with E-state index in [9.17, 15) is 0 Å². The summed E-state index contributed by atoms with van der Waals surface area (Å²) in [5.74, 6) is 0.714. The van der Waals surface area contributed by atoms with E-state index in [1.807, 2.05) is 30.3 Å². The number of hydrogen-bond donors (Lipinski definition) is 1. The van der Waals surface area contributed by atoms with Crippen LogP contribution in [0.4, 0.5) is 0 Å². The summed E-state index contributed by atoms with van der Waals surface area (Å²) in [5.41, 5.74) is 1.83. The molecule has 0 amide bonds. The average molecular weight is 241 g/mol. The van der Waals surface area contributed by atoms with Gasteiger partial charge in [0.1, 0.15) is 6.10 Å². The third-order valence-electron chi connectivity index (χ3n) is 3.50. The van der Waals surface area contributed by atoms with Gasteiger partial charge in [-0.05, 0) is 43.2 Å². The Labute approximate surface area is 107 Å². The van der Waals surface area contributed by atoms with Crippen LogP contribution >= 0.6 is 0 Å². The van der Waals surface area contributed by atoms with E-state index < -0.39 is 0 Å². The van der Waals surface area contributed by atoms with Gasteiger partial charge in [0, 0.05) is 6.07 Å². The molecule has 0 bridgehead atoms. The van der Waals surface area contributed by atoms with Crippen molar-refractivity contribution in [3.8, 4) is 5.88 Å². The summed E-state index contributed by atoms with van der Waals surface area (Å²) in [6.07, 6.45) is 5.15. The Balaban J connectivity index is 1.86. The molecule has 1 heterocycles. The molecule has 1 aliphatic rings. The summed E-state index contributed by atoms with van der Waals surface area (Å²) in [6.45, 7) is 0. The highest BCUT2D eigenvalue weighted by molar-refractivity contribution is 6.45. The summed E-state index contributed by atoms with van der Waals surface area (Å²) in [7, 11) is 0.0657. The van der Waals surface area contributed by atoms with Gasteiger partial charge >= 0.3 is 7.48 Å². The lowest BCUT2D eigenvalue weighted by Gasteiger charge is -2.12. The van der Waals surface area contributed by atoms with Gasteiger partial charge in [0.05, 0.1) is 5.52 Å². The van der Waals surface area contributed by atoms with Gasteiger partial charge in [0.2, 0.25) is 5.88 Å². The number of pyridine rings is 1. The van der Waals surface area contributed by atoms with Gasteiger partial charge in [0.15, 0.2) is 0 Å². The minimum absolute atomic E-state index is 0.0657. The summed E-state index contributed by atoms with van der Waals surface area (Å²) in [6, 6.07) is 9.71. The first kappa shape index (κ1) is 11.5. The zero-order valence-corrected chi connectivity index (χ0v) is 10.3. The molecule has 0 atom stereocenters. The molecule has 92 valence electrons. The maximum atomic E-state index is 9.10. The Bertz CT molecular complexity index is 552. The largest absolute Gasteiger partial charge is 0.474 e. The number of ether oxygens (including phenoxy) is 1. The zero-order chi connectivity index (χ0) is 12.4. The molecule has 18 heavy (non-hydrogen) atoms. The minimum atomic E-state index is 0.0657. The summed E-state index contributed by atoms with van der Waals surface area (Å²) < 4.78 is 5.88. The van der Waals surface area contributed by atoms with E-state index in [1.54, 1.807) is 0 Å². The lowest BCUT2D eigenvalue weighted by atomic mass is 9.88. The number of nitrogens with zero attached hydrogens (tertiary/aromatic N) is 1. The Morgan fingerprint density at radius 1 is 1.17 bits per heavy atom. The van der Waals surface area contributed by atoms with Gasteiger partial charge < -0.3 is 9.76 Å². The van der Waals surface area contributed by atoms with E-state index in [0.29, 0.717) is 12.0 Å². The summed E-state index contributed by atoms with van der Waals surface area (Å²) in [4.78, 5) is 4.51. The number of rotatable bonds is 3. The lowest BCUT2D eigenvalue weighted by Crippen LogP contribution is -2.13. The lowest BCUT2D eigenvalue weighted by molar-refractivity contribution is 0.202. The molecule has 0 unspecified atom stereocenters. The van der Waals surface area contributed by atoms with Gasteiger partial charge in [-0.1, -0.05) is 17.6 Å². The van der Waals surface area contributed by atoms with Crippen LogP contribution in [0, 0.1) is 0 Å². The average Bonchev–Trinajstić information content (AvgIpc) is 2.91. The quantitative estimate of drug-likeness (QED) is 0.828. The van der Waals surface area contributed by atoms with Crippen LogP contribution in [0.1, 0.15) is 25.7 Å². The van der Waals surface area contributed by atoms with E-state index in [0.717, 1.165) is 29.2 Å². The first-order valence-electron chi connectivity index (χ1n) is 6.52. The molecule has 1 saturated carbocycles. The van der Waals surface area contributed by atoms with Crippen molar-refractivity contribution in [1.82, 2.24) is 4.98 Å². The molecule has 3 rings (SSSR count). The van der Waals surface area contributed by atoms with E-state index >= 15 is 0 Å². The van der Waals surface area contributed by atoms with Crippen LogP contribution in [0.3, 0.4) is 0 Å². The van der Waals surface area contributed by atoms with Gasteiger partial charge in [-0.3, -0.25) is 0 Å². The Morgan fingerprint density at radius 3 is 2.78 bits per heavy atom. The Hall–Kier alpha value is -1.55. The molecule has 0 radical (unpaired) electrons. The third-order valence-corrected chi connectivity index (χ3v) is 3.50. The first-order chi connectivity index (χ1) is 8.85. The SMILES string of the molecule is OBc1ccc2nc(OC3CCCC3)ccc2c1. The topological polar surface area (TPSA) is 42.4 Å². The maximum Gasteiger partial charge on any atom is 0.304 e. The summed E-state index contributed by atoms with van der Waals surface area (Å²) in [5, 5.41) is 10.1. The third kappa shape index (κ3) is 2.34. The van der Waals surface area contributed by atoms with E-state index in [2.05, 4.69) is 4.98 Å². The van der Waals surface area contributed by atoms with Gasteiger partial charge in [-0.2, -0.15) is 0 Å². The Kier molecular flexibility index (Phi) is 3.20. The Morgan fingerprint density at radius 2 is 2.00 bits per heavy atom. The highest BCUT2D eigenvalue weighted by Gasteiger charge is 2.16. The molecule has 1 fully saturated rings. The number of aromatic nitrogens is 1. The second-order valence-electron chi connectivity index (χ2n) is 4.86. The van der Waals surface area contributed by atoms with Crippen LogP contribution in [0.25, 0.3) is 10.9 Å². The second kappa shape index (κ2) is 4.98. The van der Waals surface area contributed by atoms with Crippen molar-refractivity contribution < 1.29 is 9.76 Å². The molecule has 2 aromatic rings. The second-order valence-corrected chi connectivity index (χ2v) is 4.86. The van der Waals surface area contributed by atoms with Crippen molar-refractivity contribution in [3.63, 3.8) is 0 Å². The molecule has 1 aliphatic carbocycles. The van der Waals surface area contributed by atoms with Crippen LogP contribution in [0.15, 0.2) is 30.3 Å². The number of hydrogen-bond acceptors (Lipinski definition) is 3. The van der Waals surface area contributed by atoms with Crippen molar-refractivity contribution in [3.05, 3.63) is 30.3 Å². The molecule has 3 nitrogen and oxygen atoms in total. The molecular weight excluding hydrogens is 225 g/mol. The van der Waals surface area contributed by atoms with Crippen molar-refractivity contribution in [2.45, 2.75) is 31.8 Å². The van der Waals surface area contributed by atoms with Crippen LogP contribution < -0.4 is 10.2 Å². The van der Waals surface area contributed by atoms with Crippen molar-refractivity contribution in [2.75, 3.05) is 0 Å². The van der Waals surface area contributed by atoms with Crippen LogP contribution in [-0.2, 0) is 0 Å². The van der Waals surface area contributed by atoms with Gasteiger partial charge in [-0.25, -0.2) is 4.98 Å². The van der Waals surface area contributed by atoms with Crippen molar-refractivity contribution in [1.29, 1.82) is 0 Å².